The molecule has 0 aliphatic heterocycles. The van der Waals surface area contributed by atoms with Gasteiger partial charge in [-0.05, 0) is 18.2 Å². The lowest BCUT2D eigenvalue weighted by Crippen LogP contribution is -2.09. The minimum absolute atomic E-state index is 0.409. The van der Waals surface area contributed by atoms with Crippen molar-refractivity contribution in [2.75, 3.05) is 5.32 Å². The number of pyridine rings is 1. The molecule has 2 heterocycles. The van der Waals surface area contributed by atoms with E-state index in [4.69, 9.17) is 17.3 Å². The second kappa shape index (κ2) is 5.16. The van der Waals surface area contributed by atoms with Gasteiger partial charge in [0.1, 0.15) is 11.0 Å². The Hall–Kier alpha value is -1.59. The molecule has 0 aromatic carbocycles. The fraction of sp³-hybridized carbons (Fsp3) is 0.0909. The van der Waals surface area contributed by atoms with Crippen molar-refractivity contribution in [3.05, 3.63) is 45.2 Å². The first kappa shape index (κ1) is 11.9. The van der Waals surface area contributed by atoms with Gasteiger partial charge in [-0.25, -0.2) is 4.98 Å². The summed E-state index contributed by atoms with van der Waals surface area (Å²) in [6.07, 6.45) is 0. The van der Waals surface area contributed by atoms with Crippen molar-refractivity contribution in [3.63, 3.8) is 0 Å². The monoisotopic (exact) mass is 267 g/mol. The van der Waals surface area contributed by atoms with Crippen molar-refractivity contribution in [2.45, 2.75) is 6.54 Å². The number of carbonyl (C=O) groups is 1. The second-order valence-corrected chi connectivity index (χ2v) is 4.75. The Kier molecular flexibility index (Phi) is 3.61. The number of nitrogens with two attached hydrogens (primary N) is 1. The number of hydrogen-bond acceptors (Lipinski definition) is 4. The zero-order chi connectivity index (χ0) is 12.3. The number of amides is 1. The zero-order valence-corrected chi connectivity index (χ0v) is 10.4. The molecule has 17 heavy (non-hydrogen) atoms. The molecule has 0 fully saturated rings. The molecule has 88 valence electrons. The number of nitrogens with one attached hydrogen (secondary N) is 1. The molecule has 0 saturated heterocycles. The normalized spacial score (nSPS) is 10.2. The van der Waals surface area contributed by atoms with Gasteiger partial charge < -0.3 is 11.1 Å². The molecule has 0 radical (unpaired) electrons. The van der Waals surface area contributed by atoms with Crippen LogP contribution in [-0.2, 0) is 6.54 Å². The van der Waals surface area contributed by atoms with E-state index in [-0.39, 0.29) is 0 Å². The van der Waals surface area contributed by atoms with E-state index in [0.717, 1.165) is 4.88 Å². The molecule has 0 aliphatic rings. The maximum Gasteiger partial charge on any atom is 0.249 e. The number of anilines is 1. The van der Waals surface area contributed by atoms with E-state index in [1.165, 1.54) is 11.3 Å². The third-order valence-corrected chi connectivity index (χ3v) is 3.24. The minimum Gasteiger partial charge on any atom is -0.366 e. The highest BCUT2D eigenvalue weighted by Gasteiger charge is 2.04. The standard InChI is InChI=1S/C11H10ClN3OS/c12-9-2-1-3-10(15-9)14-5-8-4-7(6-17-8)11(13)16/h1-4,6H,5H2,(H2,13,16)(H,14,15). The summed E-state index contributed by atoms with van der Waals surface area (Å²) in [4.78, 5) is 16.0. The lowest BCUT2D eigenvalue weighted by atomic mass is 10.3. The van der Waals surface area contributed by atoms with Gasteiger partial charge in [-0.2, -0.15) is 0 Å². The Morgan fingerprint density at radius 3 is 3.00 bits per heavy atom. The Balaban J connectivity index is 2.00. The van der Waals surface area contributed by atoms with Gasteiger partial charge in [-0.15, -0.1) is 11.3 Å². The number of aromatic nitrogens is 1. The fourth-order valence-electron chi connectivity index (χ4n) is 1.29. The van der Waals surface area contributed by atoms with E-state index in [2.05, 4.69) is 10.3 Å². The predicted octanol–water partition coefficient (Wildman–Crippen LogP) is 2.51. The molecule has 0 bridgehead atoms. The molecule has 3 N–H and O–H groups in total. The molecule has 0 spiro atoms. The molecule has 4 nitrogen and oxygen atoms in total. The van der Waals surface area contributed by atoms with E-state index in [9.17, 15) is 4.79 Å². The SMILES string of the molecule is NC(=O)c1csc(CNc2cccc(Cl)n2)c1. The maximum atomic E-state index is 10.9. The van der Waals surface area contributed by atoms with Crippen molar-refractivity contribution in [1.29, 1.82) is 0 Å². The average Bonchev–Trinajstić information content (AvgIpc) is 2.75. The van der Waals surface area contributed by atoms with Crippen LogP contribution in [-0.4, -0.2) is 10.9 Å². The van der Waals surface area contributed by atoms with Crippen LogP contribution in [0.5, 0.6) is 0 Å². The summed E-state index contributed by atoms with van der Waals surface area (Å²) in [6.45, 7) is 0.589. The van der Waals surface area contributed by atoms with Crippen LogP contribution < -0.4 is 11.1 Å². The minimum atomic E-state index is -0.409. The van der Waals surface area contributed by atoms with Gasteiger partial charge in [0.25, 0.3) is 0 Å². The molecule has 0 aliphatic carbocycles. The number of hydrogen-bond donors (Lipinski definition) is 2. The molecule has 2 aromatic rings. The molecule has 0 saturated carbocycles. The third-order valence-electron chi connectivity index (χ3n) is 2.10. The van der Waals surface area contributed by atoms with Crippen LogP contribution in [0, 0.1) is 0 Å². The van der Waals surface area contributed by atoms with Crippen molar-refractivity contribution >= 4 is 34.7 Å². The zero-order valence-electron chi connectivity index (χ0n) is 8.81. The van der Waals surface area contributed by atoms with Crippen molar-refractivity contribution in [1.82, 2.24) is 4.98 Å². The van der Waals surface area contributed by atoms with E-state index in [0.29, 0.717) is 23.1 Å². The molecule has 2 rings (SSSR count). The summed E-state index contributed by atoms with van der Waals surface area (Å²) >= 11 is 7.24. The second-order valence-electron chi connectivity index (χ2n) is 3.37. The first-order chi connectivity index (χ1) is 8.15. The largest absolute Gasteiger partial charge is 0.366 e. The van der Waals surface area contributed by atoms with Gasteiger partial charge >= 0.3 is 0 Å². The summed E-state index contributed by atoms with van der Waals surface area (Å²) in [5, 5.41) is 5.30. The highest BCUT2D eigenvalue weighted by molar-refractivity contribution is 7.10. The Morgan fingerprint density at radius 2 is 2.35 bits per heavy atom. The molecular weight excluding hydrogens is 258 g/mol. The predicted molar refractivity (Wildman–Crippen MR) is 69.4 cm³/mol. The lowest BCUT2D eigenvalue weighted by Gasteiger charge is -2.03. The lowest BCUT2D eigenvalue weighted by molar-refractivity contribution is 0.100. The highest BCUT2D eigenvalue weighted by atomic mass is 35.5. The van der Waals surface area contributed by atoms with Gasteiger partial charge in [0, 0.05) is 10.3 Å². The number of nitrogens with zero attached hydrogens (tertiary/aromatic N) is 1. The molecule has 0 unspecified atom stereocenters. The van der Waals surface area contributed by atoms with Crippen LogP contribution >= 0.6 is 22.9 Å². The van der Waals surface area contributed by atoms with Crippen molar-refractivity contribution < 1.29 is 4.79 Å². The Labute approximate surface area is 107 Å². The molecular formula is C11H10ClN3OS. The van der Waals surface area contributed by atoms with Crippen LogP contribution in [0.3, 0.4) is 0 Å². The van der Waals surface area contributed by atoms with E-state index >= 15 is 0 Å². The third kappa shape index (κ3) is 3.18. The summed E-state index contributed by atoms with van der Waals surface area (Å²) in [6, 6.07) is 7.13. The van der Waals surface area contributed by atoms with Gasteiger partial charge in [0.15, 0.2) is 0 Å². The number of carbonyl (C=O) groups excluding carboxylic acids is 1. The summed E-state index contributed by atoms with van der Waals surface area (Å²) in [5.41, 5.74) is 5.70. The maximum absolute atomic E-state index is 10.9. The van der Waals surface area contributed by atoms with E-state index < -0.39 is 5.91 Å². The topological polar surface area (TPSA) is 68.0 Å². The first-order valence-corrected chi connectivity index (χ1v) is 6.14. The number of thiophene rings is 1. The smallest absolute Gasteiger partial charge is 0.249 e. The number of halogens is 1. The van der Waals surface area contributed by atoms with Gasteiger partial charge in [0.2, 0.25) is 5.91 Å². The average molecular weight is 268 g/mol. The summed E-state index contributed by atoms with van der Waals surface area (Å²) < 4.78 is 0. The number of rotatable bonds is 4. The van der Waals surface area contributed by atoms with E-state index in [1.54, 1.807) is 17.5 Å². The molecule has 2 aromatic heterocycles. The molecule has 1 amide bonds. The van der Waals surface area contributed by atoms with E-state index in [1.807, 2.05) is 12.1 Å². The molecule has 6 heteroatoms. The highest BCUT2D eigenvalue weighted by Crippen LogP contribution is 2.16. The van der Waals surface area contributed by atoms with Crippen molar-refractivity contribution in [3.8, 4) is 0 Å². The van der Waals surface area contributed by atoms with Crippen LogP contribution in [0.15, 0.2) is 29.6 Å². The van der Waals surface area contributed by atoms with Crippen LogP contribution in [0.25, 0.3) is 0 Å². The Bertz CT molecular complexity index is 541. The Morgan fingerprint density at radius 1 is 1.53 bits per heavy atom. The number of primary amides is 1. The first-order valence-electron chi connectivity index (χ1n) is 4.89. The van der Waals surface area contributed by atoms with Gasteiger partial charge in [-0.3, -0.25) is 4.79 Å². The molecule has 0 atom stereocenters. The summed E-state index contributed by atoms with van der Waals surface area (Å²) in [5.74, 6) is 0.292. The van der Waals surface area contributed by atoms with Gasteiger partial charge in [0.05, 0.1) is 12.1 Å². The van der Waals surface area contributed by atoms with Gasteiger partial charge in [-0.1, -0.05) is 17.7 Å². The fourth-order valence-corrected chi connectivity index (χ4v) is 2.26. The van der Waals surface area contributed by atoms with Crippen molar-refractivity contribution in [2.24, 2.45) is 5.73 Å². The van der Waals surface area contributed by atoms with Crippen LogP contribution in [0.2, 0.25) is 5.15 Å². The van der Waals surface area contributed by atoms with Crippen LogP contribution in [0.4, 0.5) is 5.82 Å². The quantitative estimate of drug-likeness (QED) is 0.837. The summed E-state index contributed by atoms with van der Waals surface area (Å²) in [7, 11) is 0. The van der Waals surface area contributed by atoms with Crippen LogP contribution in [0.1, 0.15) is 15.2 Å².